The molecule has 0 saturated heterocycles. The number of carboxylic acid groups (broad SMARTS) is 1. The number of urea groups is 1. The van der Waals surface area contributed by atoms with Crippen molar-refractivity contribution in [3.05, 3.63) is 29.8 Å². The van der Waals surface area contributed by atoms with E-state index in [0.717, 1.165) is 10.5 Å². The third-order valence-corrected chi connectivity index (χ3v) is 2.52. The average molecular weight is 275 g/mol. The predicted octanol–water partition coefficient (Wildman–Crippen LogP) is 0.958. The van der Waals surface area contributed by atoms with Crippen LogP contribution in [-0.2, 0) is 11.3 Å². The zero-order valence-electron chi connectivity index (χ0n) is 11.2. The largest absolute Gasteiger partial charge is 0.480 e. The maximum atomic E-state index is 12.0. The molecule has 1 aromatic rings. The molecule has 0 bridgehead atoms. The Morgan fingerprint density at radius 2 is 2.10 bits per heavy atom. The molecule has 1 rings (SSSR count). The number of aliphatic carboxylic acids is 1. The van der Waals surface area contributed by atoms with Crippen LogP contribution in [-0.4, -0.2) is 42.1 Å². The Balaban J connectivity index is 2.82. The molecule has 0 spiro atoms. The van der Waals surface area contributed by atoms with Gasteiger partial charge in [-0.1, -0.05) is 24.1 Å². The predicted molar refractivity (Wildman–Crippen MR) is 76.3 cm³/mol. The molecule has 0 unspecified atom stereocenters. The number of carbonyl (C=O) groups is 2. The zero-order chi connectivity index (χ0) is 15.0. The Labute approximate surface area is 117 Å². The van der Waals surface area contributed by atoms with Gasteiger partial charge in [0.15, 0.2) is 0 Å². The van der Waals surface area contributed by atoms with E-state index in [0.29, 0.717) is 12.2 Å². The third kappa shape index (κ3) is 4.63. The van der Waals surface area contributed by atoms with E-state index in [1.807, 2.05) is 12.1 Å². The summed E-state index contributed by atoms with van der Waals surface area (Å²) in [7, 11) is 1.80. The number of carboxylic acids is 1. The number of carbonyl (C=O) groups excluding carboxylic acids is 1. The first-order valence-electron chi connectivity index (χ1n) is 6.02. The van der Waals surface area contributed by atoms with E-state index in [-0.39, 0.29) is 6.54 Å². The molecule has 1 aromatic carbocycles. The van der Waals surface area contributed by atoms with Crippen molar-refractivity contribution in [1.82, 2.24) is 10.2 Å². The van der Waals surface area contributed by atoms with Crippen LogP contribution < -0.4 is 10.6 Å². The molecule has 0 aliphatic carbocycles. The highest BCUT2D eigenvalue weighted by molar-refractivity contribution is 5.92. The Kier molecular flexibility index (Phi) is 6.07. The van der Waals surface area contributed by atoms with Gasteiger partial charge in [-0.15, -0.1) is 6.42 Å². The van der Waals surface area contributed by atoms with Crippen molar-refractivity contribution < 1.29 is 14.7 Å². The lowest BCUT2D eigenvalue weighted by Gasteiger charge is -2.19. The summed E-state index contributed by atoms with van der Waals surface area (Å²) in [5.74, 6) is 1.16. The number of hydrogen-bond acceptors (Lipinski definition) is 3. The van der Waals surface area contributed by atoms with E-state index >= 15 is 0 Å². The molecule has 6 nitrogen and oxygen atoms in total. The van der Waals surface area contributed by atoms with Gasteiger partial charge in [0.05, 0.1) is 6.54 Å². The molecule has 0 aromatic heterocycles. The van der Waals surface area contributed by atoms with Gasteiger partial charge in [0.2, 0.25) is 0 Å². The van der Waals surface area contributed by atoms with Crippen molar-refractivity contribution in [1.29, 1.82) is 0 Å². The number of hydrogen-bond donors (Lipinski definition) is 3. The minimum Gasteiger partial charge on any atom is -0.480 e. The summed E-state index contributed by atoms with van der Waals surface area (Å²) in [6.45, 7) is 0.0844. The van der Waals surface area contributed by atoms with Crippen LogP contribution in [0.2, 0.25) is 0 Å². The quantitative estimate of drug-likeness (QED) is 0.675. The van der Waals surface area contributed by atoms with Crippen LogP contribution in [0.5, 0.6) is 0 Å². The van der Waals surface area contributed by atoms with Gasteiger partial charge in [0.25, 0.3) is 0 Å². The van der Waals surface area contributed by atoms with Gasteiger partial charge in [-0.05, 0) is 18.7 Å². The van der Waals surface area contributed by atoms with Crippen molar-refractivity contribution >= 4 is 17.7 Å². The first kappa shape index (κ1) is 15.5. The third-order valence-electron chi connectivity index (χ3n) is 2.52. The molecule has 6 heteroatoms. The molecule has 3 N–H and O–H groups in total. The lowest BCUT2D eigenvalue weighted by molar-refractivity contribution is -0.137. The molecule has 0 aliphatic rings. The second-order valence-electron chi connectivity index (χ2n) is 4.07. The fraction of sp³-hybridized carbons (Fsp3) is 0.286. The number of benzene rings is 1. The lowest BCUT2D eigenvalue weighted by atomic mass is 10.2. The first-order valence-corrected chi connectivity index (χ1v) is 6.02. The van der Waals surface area contributed by atoms with E-state index in [1.165, 1.54) is 0 Å². The van der Waals surface area contributed by atoms with Crippen molar-refractivity contribution in [3.8, 4) is 12.3 Å². The van der Waals surface area contributed by atoms with Gasteiger partial charge < -0.3 is 20.6 Å². The van der Waals surface area contributed by atoms with Gasteiger partial charge in [-0.3, -0.25) is 4.79 Å². The van der Waals surface area contributed by atoms with E-state index in [2.05, 4.69) is 16.6 Å². The maximum absolute atomic E-state index is 12.0. The highest BCUT2D eigenvalue weighted by Gasteiger charge is 2.16. The number of terminal acetylenes is 1. The summed E-state index contributed by atoms with van der Waals surface area (Å²) in [6, 6.07) is 6.73. The fourth-order valence-electron chi connectivity index (χ4n) is 1.65. The number of amides is 2. The number of rotatable bonds is 6. The monoisotopic (exact) mass is 275 g/mol. The SMILES string of the molecule is C#CCN(CC(=O)O)C(=O)Nc1ccccc1CNC. The minimum atomic E-state index is -1.11. The fourth-order valence-corrected chi connectivity index (χ4v) is 1.65. The van der Waals surface area contributed by atoms with Crippen LogP contribution in [0.1, 0.15) is 5.56 Å². The lowest BCUT2D eigenvalue weighted by Crippen LogP contribution is -2.39. The number of para-hydroxylation sites is 1. The topological polar surface area (TPSA) is 81.7 Å². The molecule has 0 heterocycles. The second kappa shape index (κ2) is 7.81. The summed E-state index contributed by atoms with van der Waals surface area (Å²) < 4.78 is 0. The molecule has 20 heavy (non-hydrogen) atoms. The van der Waals surface area contributed by atoms with Crippen LogP contribution in [0.25, 0.3) is 0 Å². The molecule has 0 saturated carbocycles. The van der Waals surface area contributed by atoms with Crippen molar-refractivity contribution in [3.63, 3.8) is 0 Å². The van der Waals surface area contributed by atoms with Crippen molar-refractivity contribution in [2.45, 2.75) is 6.54 Å². The van der Waals surface area contributed by atoms with E-state index in [1.54, 1.807) is 19.2 Å². The maximum Gasteiger partial charge on any atom is 0.323 e. The van der Waals surface area contributed by atoms with E-state index in [4.69, 9.17) is 11.5 Å². The van der Waals surface area contributed by atoms with E-state index in [9.17, 15) is 9.59 Å². The Bertz CT molecular complexity index is 523. The number of nitrogens with one attached hydrogen (secondary N) is 2. The summed E-state index contributed by atoms with van der Waals surface area (Å²) in [6.07, 6.45) is 5.14. The van der Waals surface area contributed by atoms with Crippen LogP contribution >= 0.6 is 0 Å². The normalized spacial score (nSPS) is 9.60. The Morgan fingerprint density at radius 1 is 1.40 bits per heavy atom. The second-order valence-corrected chi connectivity index (χ2v) is 4.07. The van der Waals surface area contributed by atoms with Crippen LogP contribution in [0.4, 0.5) is 10.5 Å². The summed E-state index contributed by atoms with van der Waals surface area (Å²) >= 11 is 0. The molecule has 0 fully saturated rings. The molecule has 2 amide bonds. The van der Waals surface area contributed by atoms with E-state index < -0.39 is 18.5 Å². The summed E-state index contributed by atoms with van der Waals surface area (Å²) in [5, 5.41) is 14.4. The average Bonchev–Trinajstić information content (AvgIpc) is 2.40. The van der Waals surface area contributed by atoms with Crippen LogP contribution in [0.3, 0.4) is 0 Å². The molecule has 0 atom stereocenters. The standard InChI is InChI=1S/C14H17N3O3/c1-3-8-17(10-13(18)19)14(20)16-12-7-5-4-6-11(12)9-15-2/h1,4-7,15H,8-10H2,2H3,(H,16,20)(H,18,19). The van der Waals surface area contributed by atoms with Crippen molar-refractivity contribution in [2.24, 2.45) is 0 Å². The van der Waals surface area contributed by atoms with Crippen molar-refractivity contribution in [2.75, 3.05) is 25.5 Å². The highest BCUT2D eigenvalue weighted by atomic mass is 16.4. The first-order chi connectivity index (χ1) is 9.58. The zero-order valence-corrected chi connectivity index (χ0v) is 11.2. The smallest absolute Gasteiger partial charge is 0.323 e. The van der Waals surface area contributed by atoms with Gasteiger partial charge in [0, 0.05) is 12.2 Å². The highest BCUT2D eigenvalue weighted by Crippen LogP contribution is 2.15. The molecular weight excluding hydrogens is 258 g/mol. The summed E-state index contributed by atoms with van der Waals surface area (Å²) in [5.41, 5.74) is 1.53. The van der Waals surface area contributed by atoms with Gasteiger partial charge >= 0.3 is 12.0 Å². The molecule has 0 radical (unpaired) electrons. The van der Waals surface area contributed by atoms with Gasteiger partial charge in [-0.2, -0.15) is 0 Å². The van der Waals surface area contributed by atoms with Gasteiger partial charge in [0.1, 0.15) is 6.54 Å². The van der Waals surface area contributed by atoms with Crippen LogP contribution in [0.15, 0.2) is 24.3 Å². The Hall–Kier alpha value is -2.52. The summed E-state index contributed by atoms with van der Waals surface area (Å²) in [4.78, 5) is 23.8. The van der Waals surface area contributed by atoms with Crippen LogP contribution in [0, 0.1) is 12.3 Å². The molecule has 106 valence electrons. The molecule has 0 aliphatic heterocycles. The number of anilines is 1. The number of nitrogens with zero attached hydrogens (tertiary/aromatic N) is 1. The molecular formula is C14H17N3O3. The Morgan fingerprint density at radius 3 is 2.70 bits per heavy atom. The van der Waals surface area contributed by atoms with Gasteiger partial charge in [-0.25, -0.2) is 4.79 Å². The minimum absolute atomic E-state index is 0.0632.